The quantitative estimate of drug-likeness (QED) is 0.641. The number of carbonyl (C=O) groups excluding carboxylic acids is 1. The van der Waals surface area contributed by atoms with Gasteiger partial charge in [0.2, 0.25) is 0 Å². The maximum atomic E-state index is 12.3. The molecule has 0 saturated carbocycles. The number of ether oxygens (including phenoxy) is 2. The highest BCUT2D eigenvalue weighted by atomic mass is 16.5. The number of urea groups is 1. The summed E-state index contributed by atoms with van der Waals surface area (Å²) in [5, 5.41) is 5.80. The zero-order valence-corrected chi connectivity index (χ0v) is 17.2. The number of nitrogens with zero attached hydrogens (tertiary/aromatic N) is 2. The lowest BCUT2D eigenvalue weighted by Gasteiger charge is -2.30. The van der Waals surface area contributed by atoms with Crippen molar-refractivity contribution in [1.29, 1.82) is 0 Å². The molecule has 0 aliphatic carbocycles. The van der Waals surface area contributed by atoms with Crippen LogP contribution in [0.3, 0.4) is 0 Å². The second-order valence-corrected chi connectivity index (χ2v) is 7.30. The second kappa shape index (κ2) is 8.94. The fourth-order valence-electron chi connectivity index (χ4n) is 3.63. The molecule has 1 aliphatic heterocycles. The van der Waals surface area contributed by atoms with Gasteiger partial charge in [0.05, 0.1) is 19.9 Å². The van der Waals surface area contributed by atoms with Crippen LogP contribution in [0.2, 0.25) is 0 Å². The summed E-state index contributed by atoms with van der Waals surface area (Å²) in [7, 11) is 3.15. The van der Waals surface area contributed by atoms with Crippen LogP contribution in [0, 0.1) is 5.92 Å². The highest BCUT2D eigenvalue weighted by Crippen LogP contribution is 2.29. The van der Waals surface area contributed by atoms with Gasteiger partial charge in [-0.1, -0.05) is 12.1 Å². The van der Waals surface area contributed by atoms with E-state index in [1.54, 1.807) is 32.4 Å². The van der Waals surface area contributed by atoms with E-state index < -0.39 is 0 Å². The fourth-order valence-corrected chi connectivity index (χ4v) is 3.63. The summed E-state index contributed by atoms with van der Waals surface area (Å²) in [6.07, 6.45) is 1.93. The predicted octanol–water partition coefficient (Wildman–Crippen LogP) is 3.88. The number of benzene rings is 2. The van der Waals surface area contributed by atoms with E-state index in [1.807, 2.05) is 24.3 Å². The first-order chi connectivity index (χ1) is 14.7. The molecule has 4 rings (SSSR count). The van der Waals surface area contributed by atoms with E-state index in [9.17, 15) is 4.79 Å². The van der Waals surface area contributed by atoms with Gasteiger partial charge in [0.25, 0.3) is 6.01 Å². The number of piperidine rings is 1. The molecule has 8 nitrogen and oxygen atoms in total. The molecule has 1 aromatic heterocycles. The Morgan fingerprint density at radius 3 is 2.70 bits per heavy atom. The standard InChI is InChI=1S/C22H26N4O4/c1-28-16-7-8-18(20(13-16)29-2)24-21(27)23-14-15-9-11-26(12-10-15)22-25-17-5-3-4-6-19(17)30-22/h3-8,13,15H,9-12,14H2,1-2H3,(H2,23,24,27). The molecule has 0 unspecified atom stereocenters. The molecule has 0 radical (unpaired) electrons. The van der Waals surface area contributed by atoms with Crippen molar-refractivity contribution in [3.8, 4) is 11.5 Å². The molecule has 0 atom stereocenters. The summed E-state index contributed by atoms with van der Waals surface area (Å²) in [4.78, 5) is 19.1. The first-order valence-electron chi connectivity index (χ1n) is 10.0. The Morgan fingerprint density at radius 2 is 1.97 bits per heavy atom. The number of fused-ring (bicyclic) bond motifs is 1. The van der Waals surface area contributed by atoms with Gasteiger partial charge >= 0.3 is 6.03 Å². The summed E-state index contributed by atoms with van der Waals surface area (Å²) in [6, 6.07) is 13.5. The smallest absolute Gasteiger partial charge is 0.319 e. The lowest BCUT2D eigenvalue weighted by molar-refractivity contribution is 0.248. The Kier molecular flexibility index (Phi) is 5.92. The minimum Gasteiger partial charge on any atom is -0.497 e. The third kappa shape index (κ3) is 4.42. The van der Waals surface area contributed by atoms with Gasteiger partial charge in [-0.25, -0.2) is 4.79 Å². The third-order valence-electron chi connectivity index (χ3n) is 5.38. The van der Waals surface area contributed by atoms with Crippen LogP contribution in [0.15, 0.2) is 46.9 Å². The highest BCUT2D eigenvalue weighted by molar-refractivity contribution is 5.91. The zero-order valence-electron chi connectivity index (χ0n) is 17.2. The Balaban J connectivity index is 1.26. The molecule has 30 heavy (non-hydrogen) atoms. The SMILES string of the molecule is COc1ccc(NC(=O)NCC2CCN(c3nc4ccccc4o3)CC2)c(OC)c1. The molecule has 2 heterocycles. The van der Waals surface area contributed by atoms with E-state index in [-0.39, 0.29) is 6.03 Å². The topological polar surface area (TPSA) is 88.9 Å². The van der Waals surface area contributed by atoms with Gasteiger partial charge < -0.3 is 29.4 Å². The van der Waals surface area contributed by atoms with Gasteiger partial charge in [-0.15, -0.1) is 0 Å². The van der Waals surface area contributed by atoms with Gasteiger partial charge in [0.15, 0.2) is 5.58 Å². The van der Waals surface area contributed by atoms with E-state index in [2.05, 4.69) is 20.5 Å². The average molecular weight is 410 g/mol. The predicted molar refractivity (Wildman–Crippen MR) is 116 cm³/mol. The Morgan fingerprint density at radius 1 is 1.17 bits per heavy atom. The lowest BCUT2D eigenvalue weighted by atomic mass is 9.97. The van der Waals surface area contributed by atoms with Crippen molar-refractivity contribution >= 4 is 28.8 Å². The van der Waals surface area contributed by atoms with Crippen LogP contribution in [-0.2, 0) is 0 Å². The summed E-state index contributed by atoms with van der Waals surface area (Å²) in [5.41, 5.74) is 2.28. The number of para-hydroxylation sites is 2. The van der Waals surface area contributed by atoms with Crippen LogP contribution in [-0.4, -0.2) is 44.9 Å². The molecule has 2 aromatic carbocycles. The number of oxazole rings is 1. The fraction of sp³-hybridized carbons (Fsp3) is 0.364. The first kappa shape index (κ1) is 19.9. The minimum absolute atomic E-state index is 0.250. The summed E-state index contributed by atoms with van der Waals surface area (Å²) < 4.78 is 16.4. The number of nitrogens with one attached hydrogen (secondary N) is 2. The lowest BCUT2D eigenvalue weighted by Crippen LogP contribution is -2.40. The van der Waals surface area contributed by atoms with Crippen LogP contribution in [0.4, 0.5) is 16.5 Å². The molecule has 0 bridgehead atoms. The number of methoxy groups -OCH3 is 2. The number of hydrogen-bond donors (Lipinski definition) is 2. The Labute approximate surface area is 175 Å². The van der Waals surface area contributed by atoms with E-state index >= 15 is 0 Å². The van der Waals surface area contributed by atoms with Gasteiger partial charge in [-0.05, 0) is 43.0 Å². The van der Waals surface area contributed by atoms with E-state index in [0.717, 1.165) is 37.0 Å². The van der Waals surface area contributed by atoms with Gasteiger partial charge in [0.1, 0.15) is 17.0 Å². The molecule has 2 N–H and O–H groups in total. The molecule has 158 valence electrons. The Hall–Kier alpha value is -3.42. The normalized spacial score (nSPS) is 14.5. The van der Waals surface area contributed by atoms with Crippen molar-refractivity contribution in [2.24, 2.45) is 5.92 Å². The molecule has 2 amide bonds. The number of carbonyl (C=O) groups is 1. The van der Waals surface area contributed by atoms with Crippen molar-refractivity contribution in [3.05, 3.63) is 42.5 Å². The van der Waals surface area contributed by atoms with Crippen molar-refractivity contribution in [3.63, 3.8) is 0 Å². The number of hydrogen-bond acceptors (Lipinski definition) is 6. The van der Waals surface area contributed by atoms with Gasteiger partial charge in [-0.3, -0.25) is 0 Å². The second-order valence-electron chi connectivity index (χ2n) is 7.30. The monoisotopic (exact) mass is 410 g/mol. The molecule has 8 heteroatoms. The number of rotatable bonds is 6. The molecule has 1 saturated heterocycles. The van der Waals surface area contributed by atoms with E-state index in [0.29, 0.717) is 35.7 Å². The summed E-state index contributed by atoms with van der Waals surface area (Å²) in [6.45, 7) is 2.33. The van der Waals surface area contributed by atoms with E-state index in [4.69, 9.17) is 13.9 Å². The van der Waals surface area contributed by atoms with Gasteiger partial charge in [-0.2, -0.15) is 4.98 Å². The van der Waals surface area contributed by atoms with Crippen LogP contribution >= 0.6 is 0 Å². The number of anilines is 2. The maximum absolute atomic E-state index is 12.3. The summed E-state index contributed by atoms with van der Waals surface area (Å²) >= 11 is 0. The van der Waals surface area contributed by atoms with Crippen LogP contribution in [0.1, 0.15) is 12.8 Å². The van der Waals surface area contributed by atoms with Crippen molar-refractivity contribution in [1.82, 2.24) is 10.3 Å². The molecule has 1 aliphatic rings. The highest BCUT2D eigenvalue weighted by Gasteiger charge is 2.23. The third-order valence-corrected chi connectivity index (χ3v) is 5.38. The molecular formula is C22H26N4O4. The number of amides is 2. The van der Waals surface area contributed by atoms with Crippen molar-refractivity contribution < 1.29 is 18.7 Å². The van der Waals surface area contributed by atoms with Crippen LogP contribution in [0.5, 0.6) is 11.5 Å². The van der Waals surface area contributed by atoms with Crippen molar-refractivity contribution in [2.75, 3.05) is 44.1 Å². The molecule has 1 fully saturated rings. The minimum atomic E-state index is -0.250. The van der Waals surface area contributed by atoms with Crippen molar-refractivity contribution in [2.45, 2.75) is 12.8 Å². The largest absolute Gasteiger partial charge is 0.497 e. The van der Waals surface area contributed by atoms with Crippen LogP contribution in [0.25, 0.3) is 11.1 Å². The molecule has 0 spiro atoms. The average Bonchev–Trinajstić information content (AvgIpc) is 3.22. The van der Waals surface area contributed by atoms with Gasteiger partial charge in [0, 0.05) is 25.7 Å². The van der Waals surface area contributed by atoms with E-state index in [1.165, 1.54) is 0 Å². The zero-order chi connectivity index (χ0) is 20.9. The number of aromatic nitrogens is 1. The molecule has 3 aromatic rings. The Bertz CT molecular complexity index is 978. The molecular weight excluding hydrogens is 384 g/mol. The maximum Gasteiger partial charge on any atom is 0.319 e. The summed E-state index contributed by atoms with van der Waals surface area (Å²) in [5.74, 6) is 1.63. The first-order valence-corrected chi connectivity index (χ1v) is 10.0. The van der Waals surface area contributed by atoms with Crippen LogP contribution < -0.4 is 25.0 Å².